The minimum atomic E-state index is -1.21. The Morgan fingerprint density at radius 2 is 1.79 bits per heavy atom. The van der Waals surface area contributed by atoms with Crippen LogP contribution in [0.4, 0.5) is 10.5 Å². The van der Waals surface area contributed by atoms with Gasteiger partial charge in [-0.15, -0.1) is 6.42 Å². The molecule has 0 spiro atoms. The molecule has 4 N–H and O–H groups in total. The Morgan fingerprint density at radius 1 is 1.13 bits per heavy atom. The van der Waals surface area contributed by atoms with Crippen LogP contribution in [0.5, 0.6) is 0 Å². The van der Waals surface area contributed by atoms with Crippen molar-refractivity contribution in [1.29, 1.82) is 0 Å². The van der Waals surface area contributed by atoms with Gasteiger partial charge in [0.25, 0.3) is 5.91 Å². The molecule has 9 nitrogen and oxygen atoms in total. The summed E-state index contributed by atoms with van der Waals surface area (Å²) in [5.41, 5.74) is 6.44. The highest BCUT2D eigenvalue weighted by Crippen LogP contribution is 2.30. The molecule has 2 aromatic rings. The molecule has 0 heterocycles. The second-order valence-electron chi connectivity index (χ2n) is 9.88. The summed E-state index contributed by atoms with van der Waals surface area (Å²) in [5.74, 6) is 0.740. The number of primary amides is 1. The van der Waals surface area contributed by atoms with E-state index in [-0.39, 0.29) is 19.4 Å². The number of rotatable bonds is 10. The van der Waals surface area contributed by atoms with Crippen molar-refractivity contribution in [2.45, 2.75) is 65.1 Å². The average Bonchev–Trinajstić information content (AvgIpc) is 2.85. The summed E-state index contributed by atoms with van der Waals surface area (Å²) in [7, 11) is 0. The third-order valence-electron chi connectivity index (χ3n) is 5.73. The fourth-order valence-electron chi connectivity index (χ4n) is 3.96. The van der Waals surface area contributed by atoms with Crippen LogP contribution in [-0.2, 0) is 19.1 Å². The number of nitrogens with zero attached hydrogens (tertiary/aromatic N) is 1. The van der Waals surface area contributed by atoms with Crippen LogP contribution in [0.15, 0.2) is 42.5 Å². The van der Waals surface area contributed by atoms with Gasteiger partial charge in [-0.3, -0.25) is 14.4 Å². The number of para-hydroxylation sites is 1. The number of anilines is 1. The molecule has 0 aliphatic carbocycles. The quantitative estimate of drug-likeness (QED) is 0.376. The van der Waals surface area contributed by atoms with E-state index >= 15 is 0 Å². The van der Waals surface area contributed by atoms with Crippen LogP contribution in [0.3, 0.4) is 0 Å². The van der Waals surface area contributed by atoms with E-state index in [1.54, 1.807) is 77.1 Å². The predicted octanol–water partition coefficient (Wildman–Crippen LogP) is 4.32. The standard InChI is InChI=1S/C29H35ClN4O5/c1-7-19-13-9-10-14-20(19)25(26(36)33-24-18(3)12-11-15-21(24)30)34(8-2)27(37)22(16-17-23(31)35)32-28(38)39-29(4,5)6/h1,9-15,22,25H,8,16-17H2,2-6H3,(H2,31,35)(H,32,38)(H,33,36). The number of hydrogen-bond donors (Lipinski definition) is 3. The maximum absolute atomic E-state index is 13.9. The summed E-state index contributed by atoms with van der Waals surface area (Å²) >= 11 is 6.36. The highest BCUT2D eigenvalue weighted by molar-refractivity contribution is 6.34. The summed E-state index contributed by atoms with van der Waals surface area (Å²) in [5, 5.41) is 5.70. The van der Waals surface area contributed by atoms with E-state index in [9.17, 15) is 19.2 Å². The maximum atomic E-state index is 13.9. The molecule has 2 atom stereocenters. The molecule has 2 rings (SSSR count). The van der Waals surface area contributed by atoms with Crippen molar-refractivity contribution >= 4 is 41.1 Å². The number of nitrogens with one attached hydrogen (secondary N) is 2. The van der Waals surface area contributed by atoms with E-state index in [1.165, 1.54) is 4.90 Å². The lowest BCUT2D eigenvalue weighted by Gasteiger charge is -2.34. The van der Waals surface area contributed by atoms with Crippen LogP contribution in [0, 0.1) is 19.3 Å². The van der Waals surface area contributed by atoms with Gasteiger partial charge in [0.05, 0.1) is 10.7 Å². The lowest BCUT2D eigenvalue weighted by atomic mass is 9.97. The Bertz CT molecular complexity index is 1240. The number of hydrogen-bond acceptors (Lipinski definition) is 5. The van der Waals surface area contributed by atoms with E-state index in [0.717, 1.165) is 5.56 Å². The summed E-state index contributed by atoms with van der Waals surface area (Å²) in [4.78, 5) is 53.2. The first kappa shape index (κ1) is 31.2. The van der Waals surface area contributed by atoms with E-state index in [0.29, 0.717) is 21.8 Å². The van der Waals surface area contributed by atoms with Crippen molar-refractivity contribution < 1.29 is 23.9 Å². The molecule has 0 saturated heterocycles. The van der Waals surface area contributed by atoms with Gasteiger partial charge in [-0.25, -0.2) is 4.79 Å². The lowest BCUT2D eigenvalue weighted by molar-refractivity contribution is -0.140. The van der Waals surface area contributed by atoms with Crippen LogP contribution < -0.4 is 16.4 Å². The predicted molar refractivity (Wildman–Crippen MR) is 151 cm³/mol. The molecule has 2 unspecified atom stereocenters. The van der Waals surface area contributed by atoms with Gasteiger partial charge >= 0.3 is 6.09 Å². The van der Waals surface area contributed by atoms with E-state index < -0.39 is 41.5 Å². The van der Waals surface area contributed by atoms with E-state index in [4.69, 9.17) is 28.5 Å². The van der Waals surface area contributed by atoms with Crippen LogP contribution in [0.1, 0.15) is 63.3 Å². The van der Waals surface area contributed by atoms with Crippen LogP contribution in [0.2, 0.25) is 5.02 Å². The summed E-state index contributed by atoms with van der Waals surface area (Å²) in [6, 6.07) is 9.55. The summed E-state index contributed by atoms with van der Waals surface area (Å²) < 4.78 is 5.32. The Hall–Kier alpha value is -4.03. The lowest BCUT2D eigenvalue weighted by Crippen LogP contribution is -2.52. The zero-order valence-electron chi connectivity index (χ0n) is 22.8. The Balaban J connectivity index is 2.56. The van der Waals surface area contributed by atoms with Gasteiger partial charge in [-0.1, -0.05) is 47.9 Å². The van der Waals surface area contributed by atoms with Gasteiger partial charge < -0.3 is 26.0 Å². The molecule has 0 radical (unpaired) electrons. The zero-order valence-corrected chi connectivity index (χ0v) is 23.6. The number of ether oxygens (including phenoxy) is 1. The van der Waals surface area contributed by atoms with E-state index in [2.05, 4.69) is 16.6 Å². The minimum absolute atomic E-state index is 0.0698. The molecular formula is C29H35ClN4O5. The number of alkyl carbamates (subject to hydrolysis) is 1. The van der Waals surface area contributed by atoms with Crippen molar-refractivity contribution in [2.75, 3.05) is 11.9 Å². The Kier molecular flexibility index (Phi) is 10.9. The van der Waals surface area contributed by atoms with Gasteiger partial charge in [-0.2, -0.15) is 0 Å². The number of benzene rings is 2. The molecule has 0 aromatic heterocycles. The number of nitrogens with two attached hydrogens (primary N) is 1. The van der Waals surface area contributed by atoms with Gasteiger partial charge in [0.1, 0.15) is 17.7 Å². The molecule has 4 amide bonds. The van der Waals surface area contributed by atoms with Gasteiger partial charge in [0.15, 0.2) is 0 Å². The molecule has 0 aliphatic heterocycles. The molecule has 208 valence electrons. The van der Waals surface area contributed by atoms with Crippen molar-refractivity contribution in [3.8, 4) is 12.3 Å². The zero-order chi connectivity index (χ0) is 29.3. The average molecular weight is 555 g/mol. The molecule has 39 heavy (non-hydrogen) atoms. The number of carbonyl (C=O) groups is 4. The SMILES string of the molecule is C#Cc1ccccc1C(C(=O)Nc1c(C)cccc1Cl)N(CC)C(=O)C(CCC(N)=O)NC(=O)OC(C)(C)C. The largest absolute Gasteiger partial charge is 0.444 e. The normalized spacial score (nSPS) is 12.4. The molecule has 0 bridgehead atoms. The van der Waals surface area contributed by atoms with Crippen molar-refractivity contribution in [3.05, 3.63) is 64.2 Å². The number of halogens is 1. The highest BCUT2D eigenvalue weighted by atomic mass is 35.5. The number of likely N-dealkylation sites (N-methyl/N-ethyl adjacent to an activating group) is 1. The minimum Gasteiger partial charge on any atom is -0.444 e. The van der Waals surface area contributed by atoms with Crippen LogP contribution in [-0.4, -0.2) is 46.9 Å². The molecular weight excluding hydrogens is 520 g/mol. The fourth-order valence-corrected chi connectivity index (χ4v) is 4.23. The Morgan fingerprint density at radius 3 is 2.36 bits per heavy atom. The third kappa shape index (κ3) is 8.76. The maximum Gasteiger partial charge on any atom is 0.408 e. The summed E-state index contributed by atoms with van der Waals surface area (Å²) in [6.45, 7) is 8.59. The molecule has 0 aliphatic rings. The third-order valence-corrected chi connectivity index (χ3v) is 6.05. The van der Waals surface area contributed by atoms with Crippen LogP contribution >= 0.6 is 11.6 Å². The first-order valence-corrected chi connectivity index (χ1v) is 12.9. The second-order valence-corrected chi connectivity index (χ2v) is 10.3. The highest BCUT2D eigenvalue weighted by Gasteiger charge is 2.36. The smallest absolute Gasteiger partial charge is 0.408 e. The van der Waals surface area contributed by atoms with E-state index in [1.807, 2.05) is 0 Å². The van der Waals surface area contributed by atoms with Gasteiger partial charge in [0.2, 0.25) is 11.8 Å². The number of amides is 4. The van der Waals surface area contributed by atoms with Crippen LogP contribution in [0.25, 0.3) is 0 Å². The Labute approximate surface area is 234 Å². The first-order valence-electron chi connectivity index (χ1n) is 12.5. The number of carbonyl (C=O) groups excluding carboxylic acids is 4. The molecule has 0 fully saturated rings. The van der Waals surface area contributed by atoms with Crippen molar-refractivity contribution in [2.24, 2.45) is 5.73 Å². The molecule has 0 saturated carbocycles. The second kappa shape index (κ2) is 13.7. The van der Waals surface area contributed by atoms with Gasteiger partial charge in [-0.05, 0) is 64.3 Å². The fraction of sp³-hybridized carbons (Fsp3) is 0.379. The topological polar surface area (TPSA) is 131 Å². The van der Waals surface area contributed by atoms with Crippen molar-refractivity contribution in [1.82, 2.24) is 10.2 Å². The number of aryl methyl sites for hydroxylation is 1. The first-order chi connectivity index (χ1) is 18.3. The van der Waals surface area contributed by atoms with Gasteiger partial charge in [0, 0.05) is 18.5 Å². The monoisotopic (exact) mass is 554 g/mol. The molecule has 2 aromatic carbocycles. The summed E-state index contributed by atoms with van der Waals surface area (Å²) in [6.07, 6.45) is 4.61. The molecule has 10 heteroatoms. The van der Waals surface area contributed by atoms with Crippen molar-refractivity contribution in [3.63, 3.8) is 0 Å². The number of terminal acetylenes is 1.